The molecule has 1 aliphatic heterocycles. The lowest BCUT2D eigenvalue weighted by molar-refractivity contribution is -0.124. The molecular formula is C16H20N2O2. The number of carbonyl (C=O) groups excluding carboxylic acids is 2. The van der Waals surface area contributed by atoms with Crippen LogP contribution in [0.1, 0.15) is 41.3 Å². The van der Waals surface area contributed by atoms with E-state index in [0.717, 1.165) is 31.2 Å². The van der Waals surface area contributed by atoms with Crippen molar-refractivity contribution in [1.29, 1.82) is 0 Å². The number of nitrogens with zero attached hydrogens (tertiary/aromatic N) is 1. The molecule has 1 heterocycles. The van der Waals surface area contributed by atoms with Gasteiger partial charge in [-0.1, -0.05) is 12.1 Å². The molecule has 1 aliphatic carbocycles. The average molecular weight is 272 g/mol. The highest BCUT2D eigenvalue weighted by atomic mass is 16.2. The zero-order valence-corrected chi connectivity index (χ0v) is 11.8. The molecule has 2 aliphatic rings. The van der Waals surface area contributed by atoms with Crippen LogP contribution < -0.4 is 5.32 Å². The molecule has 4 heteroatoms. The van der Waals surface area contributed by atoms with Gasteiger partial charge in [-0.3, -0.25) is 9.59 Å². The minimum atomic E-state index is -0.387. The fourth-order valence-corrected chi connectivity index (χ4v) is 3.20. The van der Waals surface area contributed by atoms with Crippen molar-refractivity contribution in [3.8, 4) is 0 Å². The van der Waals surface area contributed by atoms with Crippen molar-refractivity contribution in [2.24, 2.45) is 0 Å². The third-order valence-electron chi connectivity index (χ3n) is 4.36. The average Bonchev–Trinajstić information content (AvgIpc) is 2.87. The smallest absolute Gasteiger partial charge is 0.254 e. The molecule has 1 saturated heterocycles. The Hall–Kier alpha value is -1.84. The van der Waals surface area contributed by atoms with E-state index in [1.807, 2.05) is 19.1 Å². The van der Waals surface area contributed by atoms with Gasteiger partial charge in [0.05, 0.1) is 0 Å². The Morgan fingerprint density at radius 3 is 3.00 bits per heavy atom. The molecule has 0 spiro atoms. The molecule has 0 bridgehead atoms. The topological polar surface area (TPSA) is 49.4 Å². The number of amides is 2. The summed E-state index contributed by atoms with van der Waals surface area (Å²) in [6.45, 7) is 3.10. The summed E-state index contributed by atoms with van der Waals surface area (Å²) in [5.41, 5.74) is 3.28. The van der Waals surface area contributed by atoms with Gasteiger partial charge >= 0.3 is 0 Å². The van der Waals surface area contributed by atoms with E-state index >= 15 is 0 Å². The second kappa shape index (κ2) is 5.27. The minimum Gasteiger partial charge on any atom is -0.354 e. The second-order valence-corrected chi connectivity index (χ2v) is 5.62. The lowest BCUT2D eigenvalue weighted by Crippen LogP contribution is -2.45. The lowest BCUT2D eigenvalue weighted by Gasteiger charge is -2.26. The molecule has 1 unspecified atom stereocenters. The van der Waals surface area contributed by atoms with E-state index in [1.165, 1.54) is 11.1 Å². The summed E-state index contributed by atoms with van der Waals surface area (Å²) in [5.74, 6) is -0.0447. The van der Waals surface area contributed by atoms with Crippen molar-refractivity contribution in [1.82, 2.24) is 10.2 Å². The summed E-state index contributed by atoms with van der Waals surface area (Å²) in [7, 11) is 0. The van der Waals surface area contributed by atoms with Crippen molar-refractivity contribution < 1.29 is 9.59 Å². The molecule has 4 nitrogen and oxygen atoms in total. The summed E-state index contributed by atoms with van der Waals surface area (Å²) >= 11 is 0. The van der Waals surface area contributed by atoms with E-state index in [9.17, 15) is 9.59 Å². The summed E-state index contributed by atoms with van der Waals surface area (Å²) in [5, 5.41) is 2.85. The number of rotatable bonds is 1. The Morgan fingerprint density at radius 1 is 1.30 bits per heavy atom. The van der Waals surface area contributed by atoms with Gasteiger partial charge < -0.3 is 10.2 Å². The number of hydrogen-bond donors (Lipinski definition) is 1. The molecule has 3 rings (SSSR count). The van der Waals surface area contributed by atoms with E-state index in [2.05, 4.69) is 11.4 Å². The molecule has 0 aromatic heterocycles. The molecule has 2 amide bonds. The van der Waals surface area contributed by atoms with Gasteiger partial charge in [0.25, 0.3) is 5.91 Å². The number of carbonyl (C=O) groups is 2. The number of hydrogen-bond acceptors (Lipinski definition) is 2. The highest BCUT2D eigenvalue weighted by Gasteiger charge is 2.30. The number of fused-ring (bicyclic) bond motifs is 1. The highest BCUT2D eigenvalue weighted by Crippen LogP contribution is 2.26. The zero-order valence-electron chi connectivity index (χ0n) is 11.8. The van der Waals surface area contributed by atoms with Crippen LogP contribution in [0.5, 0.6) is 0 Å². The van der Waals surface area contributed by atoms with Crippen LogP contribution in [0, 0.1) is 0 Å². The van der Waals surface area contributed by atoms with Crippen molar-refractivity contribution in [3.63, 3.8) is 0 Å². The van der Waals surface area contributed by atoms with Gasteiger partial charge in [0.1, 0.15) is 6.04 Å². The normalized spacial score (nSPS) is 22.1. The van der Waals surface area contributed by atoms with E-state index in [4.69, 9.17) is 0 Å². The lowest BCUT2D eigenvalue weighted by atomic mass is 10.0. The molecule has 106 valence electrons. The predicted molar refractivity (Wildman–Crippen MR) is 76.6 cm³/mol. The highest BCUT2D eigenvalue weighted by molar-refractivity contribution is 5.99. The standard InChI is InChI=1S/C16H20N2O2/c1-11-15(19)17-9-4-10-18(11)16(20)14-8-3-6-12-5-2-7-13(12)14/h3,6,8,11H,2,4-5,7,9-10H2,1H3,(H,17,19). The number of nitrogens with one attached hydrogen (secondary N) is 1. The van der Waals surface area contributed by atoms with Gasteiger partial charge in [0.15, 0.2) is 0 Å². The van der Waals surface area contributed by atoms with Crippen LogP contribution in [0.4, 0.5) is 0 Å². The van der Waals surface area contributed by atoms with Crippen LogP contribution in [-0.4, -0.2) is 35.8 Å². The van der Waals surface area contributed by atoms with Crippen molar-refractivity contribution in [2.75, 3.05) is 13.1 Å². The van der Waals surface area contributed by atoms with E-state index in [1.54, 1.807) is 4.90 Å². The van der Waals surface area contributed by atoms with Gasteiger partial charge in [0.2, 0.25) is 5.91 Å². The Balaban J connectivity index is 1.92. The number of aryl methyl sites for hydroxylation is 1. The molecule has 1 aromatic rings. The predicted octanol–water partition coefficient (Wildman–Crippen LogP) is 1.53. The maximum atomic E-state index is 12.8. The first kappa shape index (κ1) is 13.2. The first-order chi connectivity index (χ1) is 9.68. The van der Waals surface area contributed by atoms with Gasteiger partial charge in [-0.2, -0.15) is 0 Å². The first-order valence-corrected chi connectivity index (χ1v) is 7.38. The molecule has 1 N–H and O–H groups in total. The van der Waals surface area contributed by atoms with Gasteiger partial charge in [-0.05, 0) is 49.8 Å². The van der Waals surface area contributed by atoms with Crippen molar-refractivity contribution in [2.45, 2.75) is 38.6 Å². The van der Waals surface area contributed by atoms with Crippen LogP contribution in [0.15, 0.2) is 18.2 Å². The monoisotopic (exact) mass is 272 g/mol. The van der Waals surface area contributed by atoms with Crippen LogP contribution >= 0.6 is 0 Å². The fourth-order valence-electron chi connectivity index (χ4n) is 3.20. The summed E-state index contributed by atoms with van der Waals surface area (Å²) < 4.78 is 0. The molecule has 1 fully saturated rings. The maximum Gasteiger partial charge on any atom is 0.254 e. The molecule has 1 aromatic carbocycles. The zero-order chi connectivity index (χ0) is 14.1. The molecule has 0 saturated carbocycles. The summed E-state index contributed by atoms with van der Waals surface area (Å²) in [6.07, 6.45) is 3.98. The summed E-state index contributed by atoms with van der Waals surface area (Å²) in [4.78, 5) is 26.4. The third-order valence-corrected chi connectivity index (χ3v) is 4.36. The quantitative estimate of drug-likeness (QED) is 0.843. The molecule has 1 atom stereocenters. The Labute approximate surface area is 119 Å². The SMILES string of the molecule is CC1C(=O)NCCCN1C(=O)c1cccc2c1CCC2. The number of benzene rings is 1. The van der Waals surface area contributed by atoms with E-state index < -0.39 is 0 Å². The fraction of sp³-hybridized carbons (Fsp3) is 0.500. The Bertz CT molecular complexity index is 553. The van der Waals surface area contributed by atoms with Gasteiger partial charge in [-0.25, -0.2) is 0 Å². The maximum absolute atomic E-state index is 12.8. The van der Waals surface area contributed by atoms with E-state index in [0.29, 0.717) is 13.1 Å². The first-order valence-electron chi connectivity index (χ1n) is 7.38. The van der Waals surface area contributed by atoms with Gasteiger partial charge in [0, 0.05) is 18.7 Å². The third kappa shape index (κ3) is 2.19. The van der Waals surface area contributed by atoms with Crippen LogP contribution in [0.25, 0.3) is 0 Å². The van der Waals surface area contributed by atoms with Crippen molar-refractivity contribution >= 4 is 11.8 Å². The summed E-state index contributed by atoms with van der Waals surface area (Å²) in [6, 6.07) is 5.59. The van der Waals surface area contributed by atoms with Gasteiger partial charge in [-0.15, -0.1) is 0 Å². The van der Waals surface area contributed by atoms with Crippen LogP contribution in [0.2, 0.25) is 0 Å². The van der Waals surface area contributed by atoms with E-state index in [-0.39, 0.29) is 17.9 Å². The van der Waals surface area contributed by atoms with Crippen LogP contribution in [-0.2, 0) is 17.6 Å². The largest absolute Gasteiger partial charge is 0.354 e. The Kier molecular flexibility index (Phi) is 3.47. The van der Waals surface area contributed by atoms with Crippen LogP contribution in [0.3, 0.4) is 0 Å². The molecular weight excluding hydrogens is 252 g/mol. The molecule has 0 radical (unpaired) electrons. The molecule has 20 heavy (non-hydrogen) atoms. The second-order valence-electron chi connectivity index (χ2n) is 5.62. The Morgan fingerprint density at radius 2 is 2.15 bits per heavy atom. The van der Waals surface area contributed by atoms with Crippen molar-refractivity contribution in [3.05, 3.63) is 34.9 Å². The minimum absolute atomic E-state index is 0.00769.